The van der Waals surface area contributed by atoms with Gasteiger partial charge in [0.2, 0.25) is 0 Å². The van der Waals surface area contributed by atoms with E-state index in [-0.39, 0.29) is 11.3 Å². The van der Waals surface area contributed by atoms with E-state index in [4.69, 9.17) is 4.74 Å². The number of likely N-dealkylation sites (N-methyl/N-ethyl adjacent to an activating group) is 1. The normalized spacial score (nSPS) is 18.0. The number of nitrogens with one attached hydrogen (secondary N) is 1. The highest BCUT2D eigenvalue weighted by Gasteiger charge is 2.41. The second-order valence-electron chi connectivity index (χ2n) is 7.11. The molecule has 0 bridgehead atoms. The monoisotopic (exact) mass is 304 g/mol. The first-order valence-electron chi connectivity index (χ1n) is 7.95. The summed E-state index contributed by atoms with van der Waals surface area (Å²) in [6.45, 7) is 8.19. The number of hydrogen-bond acceptors (Lipinski definition) is 3. The van der Waals surface area contributed by atoms with Gasteiger partial charge in [0.25, 0.3) is 5.91 Å². The fraction of sp³-hybridized carbons (Fsp3) is 0.611. The van der Waals surface area contributed by atoms with Crippen LogP contribution in [-0.4, -0.2) is 38.8 Å². The number of nitrogens with zero attached hydrogens (tertiary/aromatic N) is 1. The molecule has 0 aromatic heterocycles. The molecule has 1 aromatic carbocycles. The molecule has 1 aliphatic rings. The third-order valence-corrected chi connectivity index (χ3v) is 4.62. The van der Waals surface area contributed by atoms with Crippen molar-refractivity contribution in [1.29, 1.82) is 0 Å². The lowest BCUT2D eigenvalue weighted by Gasteiger charge is -2.37. The molecular formula is C18H28N2O2. The van der Waals surface area contributed by atoms with Crippen molar-refractivity contribution in [3.63, 3.8) is 0 Å². The van der Waals surface area contributed by atoms with E-state index in [2.05, 4.69) is 38.2 Å². The Kier molecular flexibility index (Phi) is 4.93. The third kappa shape index (κ3) is 3.33. The molecule has 1 aromatic rings. The van der Waals surface area contributed by atoms with Gasteiger partial charge in [-0.3, -0.25) is 4.79 Å². The zero-order chi connectivity index (χ0) is 16.4. The zero-order valence-corrected chi connectivity index (χ0v) is 14.4. The molecule has 1 fully saturated rings. The minimum atomic E-state index is -0.692. The van der Waals surface area contributed by atoms with E-state index in [1.807, 2.05) is 19.2 Å². The van der Waals surface area contributed by atoms with Crippen LogP contribution in [0.15, 0.2) is 24.3 Å². The van der Waals surface area contributed by atoms with Gasteiger partial charge < -0.3 is 15.0 Å². The molecule has 1 amide bonds. The van der Waals surface area contributed by atoms with Crippen molar-refractivity contribution in [1.82, 2.24) is 5.32 Å². The fourth-order valence-electron chi connectivity index (χ4n) is 2.94. The first-order chi connectivity index (χ1) is 10.3. The number of rotatable bonds is 3. The lowest BCUT2D eigenvalue weighted by atomic mass is 9.87. The van der Waals surface area contributed by atoms with Gasteiger partial charge in [-0.15, -0.1) is 0 Å². The van der Waals surface area contributed by atoms with Gasteiger partial charge in [0.1, 0.15) is 5.60 Å². The van der Waals surface area contributed by atoms with Crippen LogP contribution in [0.5, 0.6) is 0 Å². The quantitative estimate of drug-likeness (QED) is 0.933. The van der Waals surface area contributed by atoms with Gasteiger partial charge in [-0.05, 0) is 49.0 Å². The summed E-state index contributed by atoms with van der Waals surface area (Å²) >= 11 is 0. The highest BCUT2D eigenvalue weighted by molar-refractivity contribution is 5.99. The Morgan fingerprint density at radius 2 is 1.73 bits per heavy atom. The van der Waals surface area contributed by atoms with Crippen LogP contribution in [0.1, 0.15) is 39.2 Å². The van der Waals surface area contributed by atoms with Gasteiger partial charge in [0, 0.05) is 19.8 Å². The number of ether oxygens (including phenoxy) is 1. The fourth-order valence-corrected chi connectivity index (χ4v) is 2.94. The van der Waals surface area contributed by atoms with Gasteiger partial charge in [0.15, 0.2) is 0 Å². The Labute approximate surface area is 133 Å². The number of benzene rings is 1. The zero-order valence-electron chi connectivity index (χ0n) is 14.4. The molecule has 22 heavy (non-hydrogen) atoms. The molecule has 1 aliphatic heterocycles. The number of amides is 1. The molecule has 122 valence electrons. The van der Waals surface area contributed by atoms with E-state index in [1.54, 1.807) is 12.0 Å². The van der Waals surface area contributed by atoms with Crippen molar-refractivity contribution >= 4 is 11.6 Å². The maximum Gasteiger partial charge on any atom is 0.259 e. The number of carbonyl (C=O) groups excluding carboxylic acids is 1. The summed E-state index contributed by atoms with van der Waals surface area (Å²) in [6, 6.07) is 8.23. The smallest absolute Gasteiger partial charge is 0.259 e. The Morgan fingerprint density at radius 3 is 2.18 bits per heavy atom. The van der Waals surface area contributed by atoms with E-state index >= 15 is 0 Å². The second kappa shape index (κ2) is 6.39. The van der Waals surface area contributed by atoms with Gasteiger partial charge >= 0.3 is 0 Å². The standard InChI is InChI=1S/C18H28N2O2/c1-17(2,3)14-6-8-15(9-7-14)20(4)16(21)18(22-5)10-12-19-13-11-18/h6-9,19H,10-13H2,1-5H3. The topological polar surface area (TPSA) is 41.6 Å². The van der Waals surface area contributed by atoms with Crippen molar-refractivity contribution in [3.05, 3.63) is 29.8 Å². The van der Waals surface area contributed by atoms with Gasteiger partial charge in [0.05, 0.1) is 0 Å². The minimum absolute atomic E-state index is 0.0417. The average Bonchev–Trinajstić information content (AvgIpc) is 2.53. The molecule has 0 saturated carbocycles. The van der Waals surface area contributed by atoms with Gasteiger partial charge in [-0.1, -0.05) is 32.9 Å². The molecule has 1 saturated heterocycles. The summed E-state index contributed by atoms with van der Waals surface area (Å²) in [5.41, 5.74) is 1.60. The van der Waals surface area contributed by atoms with Gasteiger partial charge in [-0.2, -0.15) is 0 Å². The molecule has 0 radical (unpaired) electrons. The predicted molar refractivity (Wildman–Crippen MR) is 90.4 cm³/mol. The highest BCUT2D eigenvalue weighted by atomic mass is 16.5. The van der Waals surface area contributed by atoms with E-state index in [0.717, 1.165) is 18.8 Å². The second-order valence-corrected chi connectivity index (χ2v) is 7.11. The molecule has 0 atom stereocenters. The van der Waals surface area contributed by atoms with Crippen molar-refractivity contribution in [2.45, 2.75) is 44.6 Å². The molecular weight excluding hydrogens is 276 g/mol. The molecule has 1 heterocycles. The lowest BCUT2D eigenvalue weighted by Crippen LogP contribution is -2.54. The number of carbonyl (C=O) groups is 1. The molecule has 1 N–H and O–H groups in total. The Morgan fingerprint density at radius 1 is 1.18 bits per heavy atom. The summed E-state index contributed by atoms with van der Waals surface area (Å²) in [7, 11) is 3.47. The number of methoxy groups -OCH3 is 1. The number of hydrogen-bond donors (Lipinski definition) is 1. The summed E-state index contributed by atoms with van der Waals surface area (Å²) in [5.74, 6) is 0.0417. The number of piperidine rings is 1. The van der Waals surface area contributed by atoms with Crippen LogP contribution >= 0.6 is 0 Å². The van der Waals surface area contributed by atoms with Crippen LogP contribution < -0.4 is 10.2 Å². The van der Waals surface area contributed by atoms with Crippen molar-refractivity contribution in [3.8, 4) is 0 Å². The SMILES string of the molecule is COC1(C(=O)N(C)c2ccc(C(C)(C)C)cc2)CCNCC1. The van der Waals surface area contributed by atoms with Crippen LogP contribution in [-0.2, 0) is 14.9 Å². The van der Waals surface area contributed by atoms with Crippen molar-refractivity contribution < 1.29 is 9.53 Å². The third-order valence-electron chi connectivity index (χ3n) is 4.62. The van der Waals surface area contributed by atoms with Crippen molar-refractivity contribution in [2.75, 3.05) is 32.1 Å². The van der Waals surface area contributed by atoms with E-state index in [1.165, 1.54) is 5.56 Å². The van der Waals surface area contributed by atoms with Crippen molar-refractivity contribution in [2.24, 2.45) is 0 Å². The Hall–Kier alpha value is -1.39. The molecule has 0 aliphatic carbocycles. The molecule has 4 heteroatoms. The Bertz CT molecular complexity index is 511. The van der Waals surface area contributed by atoms with Crippen LogP contribution in [0.25, 0.3) is 0 Å². The highest BCUT2D eigenvalue weighted by Crippen LogP contribution is 2.29. The van der Waals surface area contributed by atoms with Crippen LogP contribution in [0, 0.1) is 0 Å². The minimum Gasteiger partial charge on any atom is -0.368 e. The molecule has 4 nitrogen and oxygen atoms in total. The molecule has 0 spiro atoms. The predicted octanol–water partition coefficient (Wildman–Crippen LogP) is 2.72. The number of anilines is 1. The lowest BCUT2D eigenvalue weighted by molar-refractivity contribution is -0.143. The molecule has 0 unspecified atom stereocenters. The van der Waals surface area contributed by atoms with E-state index in [0.29, 0.717) is 12.8 Å². The maximum absolute atomic E-state index is 12.9. The first-order valence-corrected chi connectivity index (χ1v) is 7.95. The molecule has 2 rings (SSSR count). The average molecular weight is 304 g/mol. The summed E-state index contributed by atoms with van der Waals surface area (Å²) in [4.78, 5) is 14.6. The first kappa shape index (κ1) is 17.0. The van der Waals surface area contributed by atoms with Crippen LogP contribution in [0.4, 0.5) is 5.69 Å². The largest absolute Gasteiger partial charge is 0.368 e. The van der Waals surface area contributed by atoms with Gasteiger partial charge in [-0.25, -0.2) is 0 Å². The van der Waals surface area contributed by atoms with E-state index in [9.17, 15) is 4.79 Å². The summed E-state index contributed by atoms with van der Waals surface area (Å²) < 4.78 is 5.63. The maximum atomic E-state index is 12.9. The van der Waals surface area contributed by atoms with E-state index < -0.39 is 5.60 Å². The van der Waals surface area contributed by atoms with Crippen LogP contribution in [0.3, 0.4) is 0 Å². The Balaban J connectivity index is 2.19. The summed E-state index contributed by atoms with van der Waals surface area (Å²) in [5, 5.41) is 3.28. The van der Waals surface area contributed by atoms with Crippen LogP contribution in [0.2, 0.25) is 0 Å². The summed E-state index contributed by atoms with van der Waals surface area (Å²) in [6.07, 6.45) is 1.43.